The van der Waals surface area contributed by atoms with Gasteiger partial charge in [-0.15, -0.1) is 0 Å². The van der Waals surface area contributed by atoms with Crippen LogP contribution in [0.2, 0.25) is 5.02 Å². The predicted molar refractivity (Wildman–Crippen MR) is 78.0 cm³/mol. The largest absolute Gasteiger partial charge is 0.345 e. The van der Waals surface area contributed by atoms with E-state index in [2.05, 4.69) is 15.2 Å². The van der Waals surface area contributed by atoms with Crippen molar-refractivity contribution < 1.29 is 13.2 Å². The number of hydrogen-bond acceptors (Lipinski definition) is 5. The minimum Gasteiger partial charge on any atom is -0.345 e. The third-order valence-corrected chi connectivity index (χ3v) is 3.89. The number of sulfone groups is 1. The summed E-state index contributed by atoms with van der Waals surface area (Å²) in [6, 6.07) is 4.69. The average Bonchev–Trinajstić information content (AvgIpc) is 2.88. The third-order valence-electron chi connectivity index (χ3n) is 2.68. The molecule has 0 aliphatic rings. The molecule has 0 bridgehead atoms. The van der Waals surface area contributed by atoms with Crippen LogP contribution in [0, 0.1) is 0 Å². The molecule has 9 heteroatoms. The van der Waals surface area contributed by atoms with Crippen molar-refractivity contribution in [2.75, 3.05) is 20.4 Å². The Hall–Kier alpha value is -1.93. The zero-order valence-corrected chi connectivity index (χ0v) is 13.2. The molecule has 0 unspecified atom stereocenters. The molecule has 2 aromatic rings. The number of benzene rings is 1. The van der Waals surface area contributed by atoms with Gasteiger partial charge >= 0.3 is 0 Å². The fraction of sp³-hybridized carbons (Fsp3) is 0.250. The lowest BCUT2D eigenvalue weighted by atomic mass is 10.1. The second-order valence-electron chi connectivity index (χ2n) is 4.63. The number of halogens is 1. The summed E-state index contributed by atoms with van der Waals surface area (Å²) in [5.41, 5.74) is 0.792. The first-order valence-corrected chi connectivity index (χ1v) is 8.11. The number of hydrogen-bond donors (Lipinski definition) is 1. The summed E-state index contributed by atoms with van der Waals surface area (Å²) in [5.74, 6) is -0.0828. The van der Waals surface area contributed by atoms with Crippen molar-refractivity contribution in [3.05, 3.63) is 28.8 Å². The molecular formula is C12H13ClN4O3S. The molecule has 0 saturated carbocycles. The molecule has 1 amide bonds. The Kier molecular flexibility index (Phi) is 4.02. The first kappa shape index (κ1) is 15.5. The molecule has 112 valence electrons. The Labute approximate surface area is 126 Å². The molecule has 0 saturated heterocycles. The molecular weight excluding hydrogens is 316 g/mol. The molecule has 0 fully saturated rings. The number of aromatic nitrogens is 3. The summed E-state index contributed by atoms with van der Waals surface area (Å²) in [6.07, 6.45) is 1.03. The van der Waals surface area contributed by atoms with Gasteiger partial charge in [-0.25, -0.2) is 13.5 Å². The lowest BCUT2D eigenvalue weighted by Crippen LogP contribution is -2.22. The molecule has 0 aliphatic carbocycles. The molecule has 21 heavy (non-hydrogen) atoms. The lowest BCUT2D eigenvalue weighted by molar-refractivity contribution is 0.0828. The topological polar surface area (TPSA) is 96.0 Å². The van der Waals surface area contributed by atoms with Crippen LogP contribution in [0.4, 0.5) is 0 Å². The van der Waals surface area contributed by atoms with Crippen LogP contribution in [0.5, 0.6) is 0 Å². The fourth-order valence-corrected chi connectivity index (χ4v) is 2.27. The maximum Gasteiger partial charge on any atom is 0.254 e. The Bertz CT molecular complexity index is 799. The van der Waals surface area contributed by atoms with Crippen LogP contribution >= 0.6 is 11.6 Å². The number of nitrogens with zero attached hydrogens (tertiary/aromatic N) is 3. The van der Waals surface area contributed by atoms with E-state index in [0.29, 0.717) is 16.1 Å². The van der Waals surface area contributed by atoms with Crippen LogP contribution in [0.25, 0.3) is 11.4 Å². The fourth-order valence-electron chi connectivity index (χ4n) is 1.61. The van der Waals surface area contributed by atoms with Gasteiger partial charge in [-0.3, -0.25) is 4.79 Å². The maximum absolute atomic E-state index is 12.0. The highest BCUT2D eigenvalue weighted by Gasteiger charge is 2.17. The van der Waals surface area contributed by atoms with E-state index in [1.165, 1.54) is 11.0 Å². The molecule has 2 rings (SSSR count). The van der Waals surface area contributed by atoms with Gasteiger partial charge in [0, 0.05) is 25.9 Å². The summed E-state index contributed by atoms with van der Waals surface area (Å²) in [7, 11) is -0.246. The van der Waals surface area contributed by atoms with Crippen molar-refractivity contribution in [2.24, 2.45) is 0 Å². The van der Waals surface area contributed by atoms with Crippen LogP contribution in [0.3, 0.4) is 0 Å². The van der Waals surface area contributed by atoms with Crippen molar-refractivity contribution in [2.45, 2.75) is 5.16 Å². The number of carbonyl (C=O) groups is 1. The summed E-state index contributed by atoms with van der Waals surface area (Å²) in [6.45, 7) is 0. The molecule has 7 nitrogen and oxygen atoms in total. The quantitative estimate of drug-likeness (QED) is 0.914. The highest BCUT2D eigenvalue weighted by Crippen LogP contribution is 2.24. The Morgan fingerprint density at radius 1 is 1.33 bits per heavy atom. The number of aromatic amines is 1. The maximum atomic E-state index is 12.0. The van der Waals surface area contributed by atoms with E-state index < -0.39 is 9.84 Å². The highest BCUT2D eigenvalue weighted by molar-refractivity contribution is 7.90. The predicted octanol–water partition coefficient (Wildman–Crippen LogP) is 1.23. The summed E-state index contributed by atoms with van der Waals surface area (Å²) >= 11 is 6.01. The number of H-pyrrole nitrogens is 1. The van der Waals surface area contributed by atoms with E-state index in [1.54, 1.807) is 26.2 Å². The van der Waals surface area contributed by atoms with Gasteiger partial charge in [0.15, 0.2) is 5.82 Å². The van der Waals surface area contributed by atoms with Gasteiger partial charge in [-0.1, -0.05) is 11.6 Å². The first-order valence-electron chi connectivity index (χ1n) is 5.84. The molecule has 1 N–H and O–H groups in total. The van der Waals surface area contributed by atoms with E-state index in [1.807, 2.05) is 0 Å². The SMILES string of the molecule is CN(C)C(=O)c1cc(-c2n[nH]c(S(C)(=O)=O)n2)ccc1Cl. The first-order chi connectivity index (χ1) is 9.70. The average molecular weight is 329 g/mol. The van der Waals surface area contributed by atoms with Crippen molar-refractivity contribution in [3.63, 3.8) is 0 Å². The monoisotopic (exact) mass is 328 g/mol. The number of nitrogens with one attached hydrogen (secondary N) is 1. The van der Waals surface area contributed by atoms with Crippen LogP contribution in [0.1, 0.15) is 10.4 Å². The molecule has 0 spiro atoms. The summed E-state index contributed by atoms with van der Waals surface area (Å²) < 4.78 is 22.8. The van der Waals surface area contributed by atoms with Crippen molar-refractivity contribution in [3.8, 4) is 11.4 Å². The zero-order chi connectivity index (χ0) is 15.8. The van der Waals surface area contributed by atoms with Gasteiger partial charge in [0.2, 0.25) is 15.0 Å². The van der Waals surface area contributed by atoms with E-state index in [4.69, 9.17) is 11.6 Å². The minimum absolute atomic E-state index is 0.180. The third kappa shape index (κ3) is 3.22. The van der Waals surface area contributed by atoms with E-state index in [0.717, 1.165) is 6.26 Å². The zero-order valence-electron chi connectivity index (χ0n) is 11.6. The number of carbonyl (C=O) groups excluding carboxylic acids is 1. The molecule has 1 aromatic heterocycles. The van der Waals surface area contributed by atoms with E-state index in [-0.39, 0.29) is 16.9 Å². The standard InChI is InChI=1S/C12H13ClN4O3S/c1-17(2)11(18)8-6-7(4-5-9(8)13)10-14-12(16-15-10)21(3,19)20/h4-6H,1-3H3,(H,14,15,16). The summed E-state index contributed by atoms with van der Waals surface area (Å²) in [5, 5.41) is 6.27. The molecule has 0 aliphatic heterocycles. The van der Waals surface area contributed by atoms with Crippen molar-refractivity contribution in [1.29, 1.82) is 0 Å². The van der Waals surface area contributed by atoms with Gasteiger partial charge in [-0.2, -0.15) is 10.1 Å². The molecule has 1 aromatic carbocycles. The second-order valence-corrected chi connectivity index (χ2v) is 6.97. The van der Waals surface area contributed by atoms with Crippen molar-refractivity contribution in [1.82, 2.24) is 20.1 Å². The van der Waals surface area contributed by atoms with Crippen LogP contribution in [-0.4, -0.2) is 54.8 Å². The smallest absolute Gasteiger partial charge is 0.254 e. The minimum atomic E-state index is -3.47. The molecule has 0 atom stereocenters. The van der Waals surface area contributed by atoms with E-state index in [9.17, 15) is 13.2 Å². The number of amides is 1. The van der Waals surface area contributed by atoms with Crippen LogP contribution in [-0.2, 0) is 9.84 Å². The Morgan fingerprint density at radius 2 is 2.00 bits per heavy atom. The molecule has 1 heterocycles. The molecule has 0 radical (unpaired) electrons. The Morgan fingerprint density at radius 3 is 2.52 bits per heavy atom. The van der Waals surface area contributed by atoms with Gasteiger partial charge < -0.3 is 4.90 Å². The van der Waals surface area contributed by atoms with Gasteiger partial charge in [0.1, 0.15) is 0 Å². The van der Waals surface area contributed by atoms with Gasteiger partial charge in [0.05, 0.1) is 10.6 Å². The van der Waals surface area contributed by atoms with Crippen LogP contribution < -0.4 is 0 Å². The highest BCUT2D eigenvalue weighted by atomic mass is 35.5. The van der Waals surface area contributed by atoms with E-state index >= 15 is 0 Å². The normalized spacial score (nSPS) is 11.4. The van der Waals surface area contributed by atoms with Crippen LogP contribution in [0.15, 0.2) is 23.4 Å². The lowest BCUT2D eigenvalue weighted by Gasteiger charge is -2.12. The summed E-state index contributed by atoms with van der Waals surface area (Å²) in [4.78, 5) is 17.3. The Balaban J connectivity index is 2.49. The van der Waals surface area contributed by atoms with Gasteiger partial charge in [-0.05, 0) is 18.2 Å². The second kappa shape index (κ2) is 5.45. The number of rotatable bonds is 3. The van der Waals surface area contributed by atoms with Crippen molar-refractivity contribution >= 4 is 27.3 Å². The van der Waals surface area contributed by atoms with Gasteiger partial charge in [0.25, 0.3) is 5.91 Å².